The number of benzene rings is 1. The first-order chi connectivity index (χ1) is 7.81. The summed E-state index contributed by atoms with van der Waals surface area (Å²) in [5.74, 6) is 0.670. The van der Waals surface area contributed by atoms with E-state index in [4.69, 9.17) is 4.74 Å². The van der Waals surface area contributed by atoms with Crippen molar-refractivity contribution in [2.75, 3.05) is 0 Å². The lowest BCUT2D eigenvalue weighted by Gasteiger charge is -2.12. The van der Waals surface area contributed by atoms with Crippen LogP contribution in [0.2, 0.25) is 0 Å². The summed E-state index contributed by atoms with van der Waals surface area (Å²) in [6.07, 6.45) is 0.0752. The molecule has 0 heterocycles. The van der Waals surface area contributed by atoms with Gasteiger partial charge in [0, 0.05) is 6.04 Å². The third-order valence-corrected chi connectivity index (χ3v) is 3.57. The molecule has 1 N–H and O–H groups in total. The molecular weight excluding hydrogens is 238 g/mol. The van der Waals surface area contributed by atoms with Crippen LogP contribution in [0.1, 0.15) is 27.7 Å². The molecule has 0 radical (unpaired) electrons. The fraction of sp³-hybridized carbons (Fsp3) is 0.500. The van der Waals surface area contributed by atoms with Gasteiger partial charge in [0.05, 0.1) is 11.0 Å². The van der Waals surface area contributed by atoms with Gasteiger partial charge >= 0.3 is 0 Å². The van der Waals surface area contributed by atoms with Gasteiger partial charge in [-0.2, -0.15) is 0 Å². The topological polar surface area (TPSA) is 55.4 Å². The van der Waals surface area contributed by atoms with Crippen molar-refractivity contribution in [2.24, 2.45) is 0 Å². The first kappa shape index (κ1) is 14.0. The molecule has 0 aromatic heterocycles. The first-order valence-corrected chi connectivity index (χ1v) is 7.08. The smallest absolute Gasteiger partial charge is 0.240 e. The fourth-order valence-corrected chi connectivity index (χ4v) is 2.60. The molecule has 1 rings (SSSR count). The maximum atomic E-state index is 11.8. The second-order valence-corrected chi connectivity index (χ2v) is 6.13. The van der Waals surface area contributed by atoms with Crippen LogP contribution in [0.15, 0.2) is 29.2 Å². The van der Waals surface area contributed by atoms with Crippen LogP contribution in [0.25, 0.3) is 0 Å². The Morgan fingerprint density at radius 3 is 2.00 bits per heavy atom. The molecular formula is C12H19NO3S. The summed E-state index contributed by atoms with van der Waals surface area (Å²) in [5.41, 5.74) is 0. The van der Waals surface area contributed by atoms with E-state index in [1.165, 1.54) is 0 Å². The van der Waals surface area contributed by atoms with Crippen molar-refractivity contribution < 1.29 is 13.2 Å². The minimum absolute atomic E-state index is 0.0752. The highest BCUT2D eigenvalue weighted by Gasteiger charge is 2.14. The SMILES string of the molecule is CC(C)NS(=O)(=O)c1ccc(OC(C)C)cc1. The van der Waals surface area contributed by atoms with Crippen molar-refractivity contribution in [3.8, 4) is 5.75 Å². The van der Waals surface area contributed by atoms with Crippen LogP contribution in [-0.4, -0.2) is 20.6 Å². The first-order valence-electron chi connectivity index (χ1n) is 5.60. The minimum atomic E-state index is -3.41. The van der Waals surface area contributed by atoms with Crippen LogP contribution in [0.5, 0.6) is 5.75 Å². The van der Waals surface area contributed by atoms with E-state index < -0.39 is 10.0 Å². The number of rotatable bonds is 5. The lowest BCUT2D eigenvalue weighted by Crippen LogP contribution is -2.30. The van der Waals surface area contributed by atoms with Gasteiger partial charge in [0.25, 0.3) is 0 Å². The van der Waals surface area contributed by atoms with Gasteiger partial charge in [-0.05, 0) is 52.0 Å². The Bertz CT molecular complexity index is 449. The van der Waals surface area contributed by atoms with Gasteiger partial charge in [0.15, 0.2) is 0 Å². The third-order valence-electron chi connectivity index (χ3n) is 1.90. The Labute approximate surface area is 103 Å². The molecule has 4 nitrogen and oxygen atoms in total. The molecule has 0 aliphatic heterocycles. The second kappa shape index (κ2) is 5.51. The molecule has 96 valence electrons. The van der Waals surface area contributed by atoms with Gasteiger partial charge < -0.3 is 4.74 Å². The summed E-state index contributed by atoms with van der Waals surface area (Å²) < 4.78 is 31.6. The van der Waals surface area contributed by atoms with Crippen molar-refractivity contribution in [3.63, 3.8) is 0 Å². The van der Waals surface area contributed by atoms with E-state index in [0.717, 1.165) is 0 Å². The summed E-state index contributed by atoms with van der Waals surface area (Å²) in [7, 11) is -3.41. The molecule has 0 amide bonds. The highest BCUT2D eigenvalue weighted by Crippen LogP contribution is 2.17. The summed E-state index contributed by atoms with van der Waals surface area (Å²) in [5, 5.41) is 0. The van der Waals surface area contributed by atoms with Crippen molar-refractivity contribution in [3.05, 3.63) is 24.3 Å². The van der Waals surface area contributed by atoms with Gasteiger partial charge in [-0.3, -0.25) is 0 Å². The molecule has 1 aromatic rings. The Morgan fingerprint density at radius 2 is 1.59 bits per heavy atom. The van der Waals surface area contributed by atoms with E-state index in [1.807, 2.05) is 13.8 Å². The number of ether oxygens (including phenoxy) is 1. The normalized spacial score (nSPS) is 12.1. The van der Waals surface area contributed by atoms with Gasteiger partial charge in [-0.15, -0.1) is 0 Å². The number of sulfonamides is 1. The molecule has 0 saturated heterocycles. The zero-order valence-corrected chi connectivity index (χ0v) is 11.4. The molecule has 0 atom stereocenters. The number of nitrogens with one attached hydrogen (secondary N) is 1. The summed E-state index contributed by atoms with van der Waals surface area (Å²) >= 11 is 0. The number of hydrogen-bond acceptors (Lipinski definition) is 3. The molecule has 0 bridgehead atoms. The molecule has 17 heavy (non-hydrogen) atoms. The second-order valence-electron chi connectivity index (χ2n) is 4.41. The van der Waals surface area contributed by atoms with E-state index in [1.54, 1.807) is 38.1 Å². The van der Waals surface area contributed by atoms with Crippen LogP contribution in [-0.2, 0) is 10.0 Å². The predicted octanol–water partition coefficient (Wildman–Crippen LogP) is 2.16. The van der Waals surface area contributed by atoms with Crippen molar-refractivity contribution in [2.45, 2.75) is 44.7 Å². The zero-order valence-electron chi connectivity index (χ0n) is 10.6. The predicted molar refractivity (Wildman–Crippen MR) is 67.7 cm³/mol. The van der Waals surface area contributed by atoms with Crippen LogP contribution < -0.4 is 9.46 Å². The van der Waals surface area contributed by atoms with Crippen molar-refractivity contribution in [1.82, 2.24) is 4.72 Å². The fourth-order valence-electron chi connectivity index (χ4n) is 1.35. The summed E-state index contributed by atoms with van der Waals surface area (Å²) in [6, 6.07) is 6.29. The van der Waals surface area contributed by atoms with Gasteiger partial charge in [-0.1, -0.05) is 0 Å². The Morgan fingerprint density at radius 1 is 1.06 bits per heavy atom. The average molecular weight is 257 g/mol. The molecule has 0 saturated carbocycles. The van der Waals surface area contributed by atoms with Gasteiger partial charge in [0.1, 0.15) is 5.75 Å². The Kier molecular flexibility index (Phi) is 4.54. The lowest BCUT2D eigenvalue weighted by atomic mass is 10.3. The molecule has 0 fully saturated rings. The molecule has 0 aliphatic carbocycles. The Hall–Kier alpha value is -1.07. The molecule has 0 unspecified atom stereocenters. The van der Waals surface area contributed by atoms with E-state index in [2.05, 4.69) is 4.72 Å². The molecule has 0 spiro atoms. The highest BCUT2D eigenvalue weighted by molar-refractivity contribution is 7.89. The largest absolute Gasteiger partial charge is 0.491 e. The Balaban J connectivity index is 2.87. The standard InChI is InChI=1S/C12H19NO3S/c1-9(2)13-17(14,15)12-7-5-11(6-8-12)16-10(3)4/h5-10,13H,1-4H3. The maximum Gasteiger partial charge on any atom is 0.240 e. The van der Waals surface area contributed by atoms with Crippen molar-refractivity contribution in [1.29, 1.82) is 0 Å². The highest BCUT2D eigenvalue weighted by atomic mass is 32.2. The van der Waals surface area contributed by atoms with Crippen molar-refractivity contribution >= 4 is 10.0 Å². The minimum Gasteiger partial charge on any atom is -0.491 e. The average Bonchev–Trinajstić information content (AvgIpc) is 2.15. The summed E-state index contributed by atoms with van der Waals surface area (Å²) in [4.78, 5) is 0.252. The van der Waals surface area contributed by atoms with E-state index >= 15 is 0 Å². The third kappa shape index (κ3) is 4.36. The quantitative estimate of drug-likeness (QED) is 0.879. The van der Waals surface area contributed by atoms with Crippen LogP contribution in [0.3, 0.4) is 0 Å². The van der Waals surface area contributed by atoms with Gasteiger partial charge in [-0.25, -0.2) is 13.1 Å². The summed E-state index contributed by atoms with van der Waals surface area (Å²) in [6.45, 7) is 7.41. The van der Waals surface area contributed by atoms with E-state index in [9.17, 15) is 8.42 Å². The lowest BCUT2D eigenvalue weighted by molar-refractivity contribution is 0.242. The van der Waals surface area contributed by atoms with Crippen LogP contribution >= 0.6 is 0 Å². The molecule has 0 aliphatic rings. The van der Waals surface area contributed by atoms with E-state index in [0.29, 0.717) is 5.75 Å². The monoisotopic (exact) mass is 257 g/mol. The molecule has 5 heteroatoms. The van der Waals surface area contributed by atoms with Crippen LogP contribution in [0.4, 0.5) is 0 Å². The van der Waals surface area contributed by atoms with Crippen LogP contribution in [0, 0.1) is 0 Å². The zero-order chi connectivity index (χ0) is 13.1. The van der Waals surface area contributed by atoms with E-state index in [-0.39, 0.29) is 17.0 Å². The maximum absolute atomic E-state index is 11.8. The van der Waals surface area contributed by atoms with Gasteiger partial charge in [0.2, 0.25) is 10.0 Å². The molecule has 1 aromatic carbocycles. The number of hydrogen-bond donors (Lipinski definition) is 1.